The molecule has 5 aromatic rings. The van der Waals surface area contributed by atoms with Crippen molar-refractivity contribution >= 4 is 73.7 Å². The number of nitrogens with one attached hydrogen (secondary N) is 3. The molecular formula is C30H29ClN10O11S2. The number of hydrogen-bond acceptors (Lipinski definition) is 16. The van der Waals surface area contributed by atoms with E-state index in [1.165, 1.54) is 23.8 Å². The summed E-state index contributed by atoms with van der Waals surface area (Å²) < 4.78 is 44.3. The third-order valence-electron chi connectivity index (χ3n) is 7.20. The van der Waals surface area contributed by atoms with Crippen LogP contribution in [-0.2, 0) is 42.2 Å². The molecule has 2 aromatic carbocycles. The van der Waals surface area contributed by atoms with Gasteiger partial charge in [0.05, 0.1) is 30.5 Å². The number of nitrogens with zero attached hydrogens (tertiary/aromatic N) is 7. The molecular weight excluding hydrogens is 776 g/mol. The minimum atomic E-state index is -4.34. The van der Waals surface area contributed by atoms with Crippen molar-refractivity contribution in [2.45, 2.75) is 24.4 Å². The zero-order valence-electron chi connectivity index (χ0n) is 28.2. The number of amides is 2. The van der Waals surface area contributed by atoms with Gasteiger partial charge in [-0.3, -0.25) is 34.8 Å². The van der Waals surface area contributed by atoms with Crippen LogP contribution in [0.4, 0.5) is 16.4 Å². The van der Waals surface area contributed by atoms with Crippen molar-refractivity contribution in [2.24, 2.45) is 0 Å². The van der Waals surface area contributed by atoms with Gasteiger partial charge in [0.25, 0.3) is 21.3 Å². The lowest BCUT2D eigenvalue weighted by Crippen LogP contribution is -2.43. The summed E-state index contributed by atoms with van der Waals surface area (Å²) in [6, 6.07) is 10.6. The van der Waals surface area contributed by atoms with Crippen LogP contribution < -0.4 is 20.3 Å². The number of anilines is 1. The number of benzene rings is 2. The summed E-state index contributed by atoms with van der Waals surface area (Å²) in [4.78, 5) is 73.4. The molecule has 54 heavy (non-hydrogen) atoms. The number of sulfonamides is 1. The van der Waals surface area contributed by atoms with Crippen LogP contribution in [0.25, 0.3) is 21.7 Å². The Kier molecular flexibility index (Phi) is 12.5. The number of fused-ring (bicyclic) bond motifs is 1. The van der Waals surface area contributed by atoms with E-state index in [4.69, 9.17) is 25.8 Å². The van der Waals surface area contributed by atoms with Gasteiger partial charge in [-0.1, -0.05) is 35.1 Å². The molecule has 21 nitrogen and oxygen atoms in total. The van der Waals surface area contributed by atoms with Gasteiger partial charge in [-0.15, -0.1) is 10.2 Å². The molecule has 0 aliphatic carbocycles. The number of carbonyl (C=O) groups is 3. The average molecular weight is 805 g/mol. The van der Waals surface area contributed by atoms with E-state index in [1.54, 1.807) is 31.2 Å². The van der Waals surface area contributed by atoms with Gasteiger partial charge in [0.2, 0.25) is 16.2 Å². The maximum atomic E-state index is 13.5. The van der Waals surface area contributed by atoms with Crippen molar-refractivity contribution in [1.82, 2.24) is 39.3 Å². The van der Waals surface area contributed by atoms with Crippen LogP contribution in [0.5, 0.6) is 5.75 Å². The van der Waals surface area contributed by atoms with Gasteiger partial charge in [0, 0.05) is 24.2 Å². The van der Waals surface area contributed by atoms with Crippen LogP contribution in [-0.4, -0.2) is 99.3 Å². The highest BCUT2D eigenvalue weighted by atomic mass is 35.5. The Hall–Kier alpha value is -6.04. The predicted molar refractivity (Wildman–Crippen MR) is 190 cm³/mol. The normalized spacial score (nSPS) is 11.2. The number of esters is 1. The van der Waals surface area contributed by atoms with Gasteiger partial charge in [0.15, 0.2) is 16.2 Å². The standard InChI is InChI=1S/C30H29ClN10O11S2/c1-3-51-23(43)14-39(11-10-33-54(48,49)30-38-37-27(53-30)20-9-6-18(31)12-21(20)41(46)47)22(42)13-40-16-32-24-25(40)34-28(35-26(24)44)36-29(45)52-15-17-4-7-19(50-2)8-5-17/h4-9,12,16,33H,3,10-11,13-15H2,1-2H3,(H2,34,35,36,44,45). The van der Waals surface area contributed by atoms with Crippen LogP contribution in [0.1, 0.15) is 12.5 Å². The summed E-state index contributed by atoms with van der Waals surface area (Å²) in [5.41, 5.74) is -0.723. The van der Waals surface area contributed by atoms with Crippen LogP contribution in [0.2, 0.25) is 5.02 Å². The molecule has 0 saturated carbocycles. The van der Waals surface area contributed by atoms with E-state index in [0.29, 0.717) is 22.6 Å². The highest BCUT2D eigenvalue weighted by Crippen LogP contribution is 2.34. The Balaban J connectivity index is 1.26. The molecule has 0 aliphatic rings. The fourth-order valence-electron chi connectivity index (χ4n) is 4.67. The third kappa shape index (κ3) is 9.68. The number of hydrogen-bond donors (Lipinski definition) is 3. The zero-order valence-corrected chi connectivity index (χ0v) is 30.6. The number of imidazole rings is 1. The first-order valence-electron chi connectivity index (χ1n) is 15.5. The molecule has 5 rings (SSSR count). The van der Waals surface area contributed by atoms with Crippen LogP contribution >= 0.6 is 22.9 Å². The Labute approximate surface area is 313 Å². The summed E-state index contributed by atoms with van der Waals surface area (Å²) in [5, 5.41) is 21.3. The molecule has 0 aliphatic heterocycles. The summed E-state index contributed by atoms with van der Waals surface area (Å²) in [7, 11) is -2.82. The molecule has 3 heterocycles. The van der Waals surface area contributed by atoms with Crippen LogP contribution in [0, 0.1) is 10.1 Å². The molecule has 0 radical (unpaired) electrons. The number of carbonyl (C=O) groups excluding carboxylic acids is 3. The first-order valence-corrected chi connectivity index (χ1v) is 18.2. The quantitative estimate of drug-likeness (QED) is 0.0734. The lowest BCUT2D eigenvalue weighted by Gasteiger charge is -2.22. The molecule has 0 unspecified atom stereocenters. The van der Waals surface area contributed by atoms with E-state index in [0.717, 1.165) is 17.3 Å². The van der Waals surface area contributed by atoms with Gasteiger partial charge >= 0.3 is 12.1 Å². The molecule has 0 bridgehead atoms. The Bertz CT molecular complexity index is 2370. The van der Waals surface area contributed by atoms with Crippen molar-refractivity contribution in [3.05, 3.63) is 79.8 Å². The molecule has 0 spiro atoms. The van der Waals surface area contributed by atoms with E-state index in [9.17, 15) is 37.7 Å². The van der Waals surface area contributed by atoms with Crippen molar-refractivity contribution in [1.29, 1.82) is 0 Å². The van der Waals surface area contributed by atoms with E-state index in [-0.39, 0.29) is 52.5 Å². The number of rotatable bonds is 16. The van der Waals surface area contributed by atoms with Gasteiger partial charge in [-0.05, 0) is 36.8 Å². The Morgan fingerprint density at radius 2 is 1.89 bits per heavy atom. The number of ether oxygens (including phenoxy) is 3. The maximum absolute atomic E-state index is 13.5. The second-order valence-electron chi connectivity index (χ2n) is 10.8. The van der Waals surface area contributed by atoms with E-state index >= 15 is 0 Å². The fourth-order valence-corrected chi connectivity index (χ4v) is 6.93. The number of nitro benzene ring substituents is 1. The Morgan fingerprint density at radius 3 is 2.59 bits per heavy atom. The van der Waals surface area contributed by atoms with Gasteiger partial charge in [-0.2, -0.15) is 4.98 Å². The van der Waals surface area contributed by atoms with Crippen molar-refractivity contribution < 1.29 is 41.9 Å². The molecule has 0 fully saturated rings. The number of H-pyrrole nitrogens is 1. The fraction of sp³-hybridized carbons (Fsp3) is 0.267. The van der Waals surface area contributed by atoms with E-state index in [1.807, 2.05) is 0 Å². The first kappa shape index (κ1) is 39.2. The Morgan fingerprint density at radius 1 is 1.13 bits per heavy atom. The number of nitro groups is 1. The minimum absolute atomic E-state index is 0.00521. The SMILES string of the molecule is CCOC(=O)CN(CCNS(=O)(=O)c1nnc(-c2ccc(Cl)cc2[N+](=O)[O-])s1)C(=O)Cn1cnc2c(=O)[nH]c(NC(=O)OCc3ccc(OC)cc3)nc21. The summed E-state index contributed by atoms with van der Waals surface area (Å²) >= 11 is 6.43. The topological polar surface area (TPSA) is 273 Å². The van der Waals surface area contributed by atoms with Crippen LogP contribution in [0.3, 0.4) is 0 Å². The number of aromatic nitrogens is 6. The number of methoxy groups -OCH3 is 1. The van der Waals surface area contributed by atoms with Crippen molar-refractivity contribution in [3.63, 3.8) is 0 Å². The van der Waals surface area contributed by atoms with Crippen LogP contribution in [0.15, 0.2) is 57.9 Å². The first-order chi connectivity index (χ1) is 25.8. The van der Waals surface area contributed by atoms with Gasteiger partial charge < -0.3 is 23.7 Å². The number of aromatic amines is 1. The highest BCUT2D eigenvalue weighted by Gasteiger charge is 2.26. The predicted octanol–water partition coefficient (Wildman–Crippen LogP) is 2.33. The third-order valence-corrected chi connectivity index (χ3v) is 10.2. The second-order valence-corrected chi connectivity index (χ2v) is 14.2. The van der Waals surface area contributed by atoms with Crippen molar-refractivity contribution in [2.75, 3.05) is 38.7 Å². The molecule has 3 aromatic heterocycles. The largest absolute Gasteiger partial charge is 0.497 e. The summed E-state index contributed by atoms with van der Waals surface area (Å²) in [6.07, 6.45) is 0.217. The van der Waals surface area contributed by atoms with Crippen molar-refractivity contribution in [3.8, 4) is 16.3 Å². The molecule has 0 atom stereocenters. The zero-order chi connectivity index (χ0) is 39.0. The molecule has 284 valence electrons. The molecule has 2 amide bonds. The lowest BCUT2D eigenvalue weighted by molar-refractivity contribution is -0.384. The van der Waals surface area contributed by atoms with Gasteiger partial charge in [-0.25, -0.2) is 22.9 Å². The minimum Gasteiger partial charge on any atom is -0.497 e. The smallest absolute Gasteiger partial charge is 0.414 e. The summed E-state index contributed by atoms with van der Waals surface area (Å²) in [5.74, 6) is -1.18. The van der Waals surface area contributed by atoms with E-state index < -0.39 is 68.1 Å². The van der Waals surface area contributed by atoms with E-state index in [2.05, 4.69) is 35.2 Å². The molecule has 24 heteroatoms. The molecule has 3 N–H and O–H groups in total. The molecule has 0 saturated heterocycles. The highest BCUT2D eigenvalue weighted by molar-refractivity contribution is 7.91. The van der Waals surface area contributed by atoms with Gasteiger partial charge in [0.1, 0.15) is 25.4 Å². The second kappa shape index (κ2) is 17.2. The average Bonchev–Trinajstić information content (AvgIpc) is 3.79. The summed E-state index contributed by atoms with van der Waals surface area (Å²) in [6.45, 7) is -0.343. The monoisotopic (exact) mass is 804 g/mol. The lowest BCUT2D eigenvalue weighted by atomic mass is 10.2. The maximum Gasteiger partial charge on any atom is 0.414 e. The number of halogens is 1.